The molecule has 0 aromatic heterocycles. The summed E-state index contributed by atoms with van der Waals surface area (Å²) in [6.07, 6.45) is -1.83. The first-order chi connectivity index (χ1) is 1.73. The van der Waals surface area contributed by atoms with Gasteiger partial charge in [-0.3, -0.25) is 0 Å². The average molecular weight is 225 g/mol. The van der Waals surface area contributed by atoms with E-state index in [1.165, 1.54) is 0 Å². The van der Waals surface area contributed by atoms with Crippen molar-refractivity contribution in [2.75, 3.05) is 0 Å². The van der Waals surface area contributed by atoms with E-state index in [1.54, 1.807) is 0 Å². The molecule has 0 radical (unpaired) electrons. The van der Waals surface area contributed by atoms with Crippen LogP contribution in [-0.4, -0.2) is 40.3 Å². The van der Waals surface area contributed by atoms with Gasteiger partial charge in [0.05, 0.1) is 0 Å². The number of rotatable bonds is 0. The number of hydrogen-bond acceptors (Lipinski definition) is 1. The fourth-order valence-corrected chi connectivity index (χ4v) is 0. The first kappa shape index (κ1) is 15.6. The molecule has 0 spiro atoms. The molecule has 6 heavy (non-hydrogen) atoms. The van der Waals surface area contributed by atoms with Gasteiger partial charge in [0.2, 0.25) is 0 Å². The molecule has 2 N–H and O–H groups in total. The molecule has 0 amide bonds. The summed E-state index contributed by atoms with van der Waals surface area (Å²) >= 11 is 0. The Morgan fingerprint density at radius 1 is 1.50 bits per heavy atom. The molecule has 0 saturated carbocycles. The van der Waals surface area contributed by atoms with Crippen LogP contribution in [0.2, 0.25) is 0 Å². The Balaban J connectivity index is -0.0000000150. The summed E-state index contributed by atoms with van der Waals surface area (Å²) in [5, 5.41) is 13.9. The minimum absolute atomic E-state index is 0. The van der Waals surface area contributed by atoms with E-state index in [4.69, 9.17) is 15.0 Å². The Kier molecular flexibility index (Phi) is 25.7. The molecule has 0 atom stereocenters. The van der Waals surface area contributed by atoms with Crippen LogP contribution in [0.15, 0.2) is 0 Å². The van der Waals surface area contributed by atoms with Gasteiger partial charge in [0.25, 0.3) is 0 Å². The van der Waals surface area contributed by atoms with Crippen molar-refractivity contribution in [1.29, 1.82) is 0 Å². The molecule has 0 aromatic rings. The van der Waals surface area contributed by atoms with Crippen molar-refractivity contribution < 1.29 is 67.8 Å². The van der Waals surface area contributed by atoms with E-state index in [1.807, 2.05) is 0 Å². The van der Waals surface area contributed by atoms with Crippen LogP contribution in [0.1, 0.15) is 1.43 Å². The fourth-order valence-electron chi connectivity index (χ4n) is 0. The summed E-state index contributed by atoms with van der Waals surface area (Å²) in [5.41, 5.74) is 0. The quantitative estimate of drug-likeness (QED) is 0.412. The van der Waals surface area contributed by atoms with Gasteiger partial charge in [0.1, 0.15) is 0 Å². The molecule has 0 unspecified atom stereocenters. The second-order valence-electron chi connectivity index (χ2n) is 0.283. The third-order valence-electron chi connectivity index (χ3n) is 0. The van der Waals surface area contributed by atoms with Gasteiger partial charge in [-0.2, -0.15) is 0 Å². The summed E-state index contributed by atoms with van der Waals surface area (Å²) in [6, 6.07) is 0. The molecule has 0 bridgehead atoms. The van der Waals surface area contributed by atoms with Crippen LogP contribution < -0.4 is 51.4 Å². The van der Waals surface area contributed by atoms with Crippen molar-refractivity contribution in [3.63, 3.8) is 0 Å². The molecule has 0 fully saturated rings. The van der Waals surface area contributed by atoms with Crippen LogP contribution in [0.3, 0.4) is 0 Å². The van der Waals surface area contributed by atoms with Gasteiger partial charge in [-0.15, -0.1) is 0 Å². The number of hydrogen-bond donors (Lipinski definition) is 2. The van der Waals surface area contributed by atoms with Crippen LogP contribution in [0.4, 0.5) is 4.79 Å². The van der Waals surface area contributed by atoms with Gasteiger partial charge in [0.15, 0.2) is 0 Å². The molecule has 34 valence electrons. The average Bonchev–Trinajstić information content (AvgIpc) is 0.811. The van der Waals surface area contributed by atoms with E-state index < -0.39 is 6.16 Å². The molecule has 0 heterocycles. The van der Waals surface area contributed by atoms with E-state index in [2.05, 4.69) is 0 Å². The summed E-state index contributed by atoms with van der Waals surface area (Å²) in [4.78, 5) is 8.56. The molecule has 0 aliphatic rings. The third kappa shape index (κ3) is 43.4. The number of carbonyl (C=O) groups is 1. The molecule has 0 saturated heterocycles. The van der Waals surface area contributed by atoms with Crippen molar-refractivity contribution in [3.05, 3.63) is 0 Å². The monoisotopic (exact) mass is 226 g/mol. The first-order valence-electron chi connectivity index (χ1n) is 0.651. The SMILES string of the molecule is O=C(O)O.[H-].[K+].[SnH4]. The van der Waals surface area contributed by atoms with Crippen LogP contribution in [0, 0.1) is 0 Å². The molecule has 0 aliphatic carbocycles. The topological polar surface area (TPSA) is 57.5 Å². The van der Waals surface area contributed by atoms with E-state index in [0.29, 0.717) is 0 Å². The van der Waals surface area contributed by atoms with Gasteiger partial charge < -0.3 is 11.6 Å². The maximum absolute atomic E-state index is 8.56. The predicted octanol–water partition coefficient (Wildman–Crippen LogP) is -4.11. The zero-order valence-corrected chi connectivity index (χ0v) is 5.93. The van der Waals surface area contributed by atoms with Crippen molar-refractivity contribution in [1.82, 2.24) is 0 Å². The Labute approximate surface area is 96.0 Å². The van der Waals surface area contributed by atoms with Crippen LogP contribution in [0.25, 0.3) is 0 Å². The summed E-state index contributed by atoms with van der Waals surface area (Å²) in [7, 11) is 0. The van der Waals surface area contributed by atoms with E-state index in [-0.39, 0.29) is 76.7 Å². The Morgan fingerprint density at radius 3 is 1.50 bits per heavy atom. The second kappa shape index (κ2) is 9.86. The predicted molar refractivity (Wildman–Crippen MR) is 23.1 cm³/mol. The summed E-state index contributed by atoms with van der Waals surface area (Å²) in [6.45, 7) is 0. The molecular formula is CH7KO3Sn. The molecular weight excluding hydrogens is 218 g/mol. The van der Waals surface area contributed by atoms with Crippen LogP contribution >= 0.6 is 0 Å². The zero-order chi connectivity index (χ0) is 3.58. The third-order valence-corrected chi connectivity index (χ3v) is 0. The summed E-state index contributed by atoms with van der Waals surface area (Å²) < 4.78 is 0. The van der Waals surface area contributed by atoms with E-state index in [9.17, 15) is 0 Å². The van der Waals surface area contributed by atoms with Gasteiger partial charge in [-0.05, 0) is 0 Å². The second-order valence-corrected chi connectivity index (χ2v) is 0.283. The Bertz CT molecular complexity index is 37.9. The van der Waals surface area contributed by atoms with E-state index >= 15 is 0 Å². The standard InChI is InChI=1S/CH2O3.K.Sn.5H/c2-1(3)4;;;;;;;/h(H2,2,3,4);;;;;;;/q;+1;;;;;;-1. The fraction of sp³-hybridized carbons (Fsp3) is 0. The normalized spacial score (nSPS) is 4.00. The van der Waals surface area contributed by atoms with Crippen molar-refractivity contribution in [2.45, 2.75) is 0 Å². The molecule has 0 rings (SSSR count). The van der Waals surface area contributed by atoms with E-state index in [0.717, 1.165) is 0 Å². The summed E-state index contributed by atoms with van der Waals surface area (Å²) in [5.74, 6) is 0. The van der Waals surface area contributed by atoms with Gasteiger partial charge in [0, 0.05) is 0 Å². The number of carboxylic acid groups (broad SMARTS) is 2. The van der Waals surface area contributed by atoms with Gasteiger partial charge >= 0.3 is 81.4 Å². The molecule has 0 aliphatic heterocycles. The minimum atomic E-state index is -1.83. The van der Waals surface area contributed by atoms with Crippen molar-refractivity contribution in [2.24, 2.45) is 0 Å². The van der Waals surface area contributed by atoms with Crippen molar-refractivity contribution >= 4 is 30.1 Å². The molecule has 3 nitrogen and oxygen atoms in total. The van der Waals surface area contributed by atoms with Crippen molar-refractivity contribution in [3.8, 4) is 0 Å². The first-order valence-corrected chi connectivity index (χ1v) is 0.651. The molecule has 0 aromatic carbocycles. The van der Waals surface area contributed by atoms with Gasteiger partial charge in [-0.1, -0.05) is 0 Å². The van der Waals surface area contributed by atoms with Gasteiger partial charge in [-0.25, -0.2) is 4.79 Å². The maximum atomic E-state index is 8.56. The Morgan fingerprint density at radius 2 is 1.50 bits per heavy atom. The van der Waals surface area contributed by atoms with Crippen LogP contribution in [-0.2, 0) is 0 Å². The Hall–Kier alpha value is 1.71. The van der Waals surface area contributed by atoms with Crippen LogP contribution in [0.5, 0.6) is 0 Å². The zero-order valence-electron chi connectivity index (χ0n) is 3.80. The molecule has 5 heteroatoms.